The van der Waals surface area contributed by atoms with E-state index in [1.54, 1.807) is 30.3 Å². The lowest BCUT2D eigenvalue weighted by atomic mass is 10.0. The molecule has 0 aliphatic rings. The maximum Gasteiger partial charge on any atom is 0.134 e. The second-order valence-electron chi connectivity index (χ2n) is 4.60. The van der Waals surface area contributed by atoms with Gasteiger partial charge in [0.25, 0.3) is 0 Å². The van der Waals surface area contributed by atoms with Crippen molar-refractivity contribution in [2.75, 3.05) is 0 Å². The fourth-order valence-electron chi connectivity index (χ4n) is 2.24. The molecule has 0 fully saturated rings. The van der Waals surface area contributed by atoms with Crippen molar-refractivity contribution in [3.63, 3.8) is 0 Å². The molecular formula is C15H11Cl2FN2O. The van der Waals surface area contributed by atoms with Gasteiger partial charge in [-0.05, 0) is 48.0 Å². The summed E-state index contributed by atoms with van der Waals surface area (Å²) < 4.78 is 19.0. The predicted molar refractivity (Wildman–Crippen MR) is 81.8 cm³/mol. The molecule has 21 heavy (non-hydrogen) atoms. The summed E-state index contributed by atoms with van der Waals surface area (Å²) in [6.45, 7) is 0. The van der Waals surface area contributed by atoms with Gasteiger partial charge in [-0.3, -0.25) is 5.84 Å². The second-order valence-corrected chi connectivity index (χ2v) is 5.44. The Morgan fingerprint density at radius 1 is 1.10 bits per heavy atom. The molecule has 0 saturated carbocycles. The van der Waals surface area contributed by atoms with E-state index in [0.717, 1.165) is 0 Å². The van der Waals surface area contributed by atoms with Gasteiger partial charge in [-0.1, -0.05) is 23.2 Å². The van der Waals surface area contributed by atoms with Crippen molar-refractivity contribution in [3.05, 3.63) is 69.7 Å². The average Bonchev–Trinajstić information content (AvgIpc) is 2.86. The second kappa shape index (κ2) is 5.66. The van der Waals surface area contributed by atoms with Gasteiger partial charge in [0.05, 0.1) is 0 Å². The number of benzene rings is 2. The topological polar surface area (TPSA) is 51.2 Å². The zero-order valence-electron chi connectivity index (χ0n) is 10.7. The molecule has 1 aromatic heterocycles. The van der Waals surface area contributed by atoms with Crippen molar-refractivity contribution >= 4 is 34.2 Å². The Morgan fingerprint density at radius 3 is 2.67 bits per heavy atom. The fourth-order valence-corrected chi connectivity index (χ4v) is 2.65. The van der Waals surface area contributed by atoms with Crippen molar-refractivity contribution in [3.8, 4) is 0 Å². The van der Waals surface area contributed by atoms with Crippen LogP contribution in [0.25, 0.3) is 11.0 Å². The van der Waals surface area contributed by atoms with E-state index in [1.165, 1.54) is 12.1 Å². The van der Waals surface area contributed by atoms with Crippen LogP contribution in [0, 0.1) is 5.82 Å². The van der Waals surface area contributed by atoms with Gasteiger partial charge >= 0.3 is 0 Å². The van der Waals surface area contributed by atoms with Crippen LogP contribution in [0.4, 0.5) is 4.39 Å². The monoisotopic (exact) mass is 324 g/mol. The molecule has 6 heteroatoms. The van der Waals surface area contributed by atoms with E-state index in [-0.39, 0.29) is 5.82 Å². The molecule has 1 heterocycles. The van der Waals surface area contributed by atoms with E-state index in [0.29, 0.717) is 32.3 Å². The molecule has 1 unspecified atom stereocenters. The maximum absolute atomic E-state index is 13.2. The van der Waals surface area contributed by atoms with Gasteiger partial charge in [0, 0.05) is 15.4 Å². The van der Waals surface area contributed by atoms with Gasteiger partial charge in [-0.2, -0.15) is 0 Å². The Balaban J connectivity index is 2.11. The highest BCUT2D eigenvalue weighted by molar-refractivity contribution is 6.33. The Labute approximate surface area is 130 Å². The molecule has 3 nitrogen and oxygen atoms in total. The summed E-state index contributed by atoms with van der Waals surface area (Å²) >= 11 is 12.2. The largest absolute Gasteiger partial charge is 0.459 e. The Hall–Kier alpha value is -1.59. The number of halogens is 3. The summed E-state index contributed by atoms with van der Waals surface area (Å²) in [4.78, 5) is 0. The van der Waals surface area contributed by atoms with Crippen LogP contribution in [0.5, 0.6) is 0 Å². The summed E-state index contributed by atoms with van der Waals surface area (Å²) in [5.41, 5.74) is 3.91. The normalized spacial score (nSPS) is 12.8. The third-order valence-corrected chi connectivity index (χ3v) is 3.80. The van der Waals surface area contributed by atoms with Crippen molar-refractivity contribution in [1.29, 1.82) is 0 Å². The van der Waals surface area contributed by atoms with Gasteiger partial charge in [0.15, 0.2) is 0 Å². The van der Waals surface area contributed by atoms with E-state index in [9.17, 15) is 4.39 Å². The highest BCUT2D eigenvalue weighted by atomic mass is 35.5. The van der Waals surface area contributed by atoms with Gasteiger partial charge in [0.1, 0.15) is 23.2 Å². The van der Waals surface area contributed by atoms with Crippen LogP contribution in [0.3, 0.4) is 0 Å². The summed E-state index contributed by atoms with van der Waals surface area (Å²) in [6, 6.07) is 10.6. The van der Waals surface area contributed by atoms with Crippen molar-refractivity contribution in [2.45, 2.75) is 6.04 Å². The number of rotatable bonds is 3. The van der Waals surface area contributed by atoms with E-state index < -0.39 is 6.04 Å². The Kier molecular flexibility index (Phi) is 3.87. The first-order valence-corrected chi connectivity index (χ1v) is 6.94. The van der Waals surface area contributed by atoms with E-state index in [4.69, 9.17) is 33.5 Å². The highest BCUT2D eigenvalue weighted by Crippen LogP contribution is 2.33. The van der Waals surface area contributed by atoms with Crippen LogP contribution in [-0.2, 0) is 0 Å². The summed E-state index contributed by atoms with van der Waals surface area (Å²) in [6.07, 6.45) is 0. The SMILES string of the molecule is NNC(c1cc2cc(F)ccc2o1)c1cc(Cl)ccc1Cl. The number of hydrogen-bond donors (Lipinski definition) is 2. The van der Waals surface area contributed by atoms with Crippen molar-refractivity contribution in [1.82, 2.24) is 5.43 Å². The number of fused-ring (bicyclic) bond motifs is 1. The third kappa shape index (κ3) is 2.76. The fraction of sp³-hybridized carbons (Fsp3) is 0.0667. The molecule has 0 aliphatic heterocycles. The standard InChI is InChI=1S/C15H11Cl2FN2O/c16-9-1-3-12(17)11(7-9)15(20-19)14-6-8-5-10(18)2-4-13(8)21-14/h1-7,15,20H,19H2. The van der Waals surface area contributed by atoms with Crippen LogP contribution in [0.15, 0.2) is 46.9 Å². The molecule has 2 aromatic carbocycles. The first kappa shape index (κ1) is 14.4. The lowest BCUT2D eigenvalue weighted by Gasteiger charge is -2.15. The molecule has 0 saturated heterocycles. The van der Waals surface area contributed by atoms with Crippen LogP contribution in [0.2, 0.25) is 10.0 Å². The number of hydrogen-bond acceptors (Lipinski definition) is 3. The van der Waals surface area contributed by atoms with E-state index >= 15 is 0 Å². The molecule has 1 atom stereocenters. The van der Waals surface area contributed by atoms with Gasteiger partial charge in [-0.15, -0.1) is 0 Å². The first-order chi connectivity index (χ1) is 10.1. The lowest BCUT2D eigenvalue weighted by molar-refractivity contribution is 0.477. The number of nitrogens with two attached hydrogens (primary N) is 1. The summed E-state index contributed by atoms with van der Waals surface area (Å²) in [5.74, 6) is 5.83. The molecule has 3 rings (SSSR count). The van der Waals surface area contributed by atoms with E-state index in [1.807, 2.05) is 0 Å². The van der Waals surface area contributed by atoms with Crippen molar-refractivity contribution in [2.24, 2.45) is 5.84 Å². The van der Waals surface area contributed by atoms with Gasteiger partial charge in [0.2, 0.25) is 0 Å². The molecule has 0 radical (unpaired) electrons. The zero-order valence-corrected chi connectivity index (χ0v) is 12.3. The van der Waals surface area contributed by atoms with Crippen LogP contribution in [0.1, 0.15) is 17.4 Å². The number of furan rings is 1. The maximum atomic E-state index is 13.2. The first-order valence-electron chi connectivity index (χ1n) is 6.18. The Bertz CT molecular complexity index is 803. The third-order valence-electron chi connectivity index (χ3n) is 3.22. The zero-order chi connectivity index (χ0) is 15.0. The minimum Gasteiger partial charge on any atom is -0.459 e. The summed E-state index contributed by atoms with van der Waals surface area (Å²) in [5, 5.41) is 1.70. The highest BCUT2D eigenvalue weighted by Gasteiger charge is 2.20. The molecule has 3 aromatic rings. The molecule has 3 N–H and O–H groups in total. The molecule has 0 aliphatic carbocycles. The number of nitrogens with one attached hydrogen (secondary N) is 1. The van der Waals surface area contributed by atoms with Gasteiger partial charge in [-0.25, -0.2) is 9.82 Å². The Morgan fingerprint density at radius 2 is 1.90 bits per heavy atom. The summed E-state index contributed by atoms with van der Waals surface area (Å²) in [7, 11) is 0. The molecular weight excluding hydrogens is 314 g/mol. The van der Waals surface area contributed by atoms with E-state index in [2.05, 4.69) is 5.43 Å². The lowest BCUT2D eigenvalue weighted by Crippen LogP contribution is -2.28. The molecule has 0 spiro atoms. The smallest absolute Gasteiger partial charge is 0.134 e. The molecule has 108 valence electrons. The number of hydrazine groups is 1. The minimum absolute atomic E-state index is 0.326. The quantitative estimate of drug-likeness (QED) is 0.553. The van der Waals surface area contributed by atoms with Crippen LogP contribution in [-0.4, -0.2) is 0 Å². The van der Waals surface area contributed by atoms with Crippen LogP contribution >= 0.6 is 23.2 Å². The van der Waals surface area contributed by atoms with Gasteiger partial charge < -0.3 is 4.42 Å². The van der Waals surface area contributed by atoms with Crippen molar-refractivity contribution < 1.29 is 8.81 Å². The average molecular weight is 325 g/mol. The predicted octanol–water partition coefficient (Wildman–Crippen LogP) is 4.43. The molecule has 0 bridgehead atoms. The molecule has 0 amide bonds. The van der Waals surface area contributed by atoms with Crippen LogP contribution < -0.4 is 11.3 Å². The minimum atomic E-state index is -0.480.